The molecule has 0 atom stereocenters. The number of nitrogens with zero attached hydrogens (tertiary/aromatic N) is 3. The zero-order valence-corrected chi connectivity index (χ0v) is 27.0. The summed E-state index contributed by atoms with van der Waals surface area (Å²) in [5.74, 6) is 1.90. The summed E-state index contributed by atoms with van der Waals surface area (Å²) < 4.78 is 6.48. The van der Waals surface area contributed by atoms with Gasteiger partial charge in [-0.25, -0.2) is 15.0 Å². The SMILES string of the molecule is c1ccc(-c2ccc3c(c2)-c2c(cccc2-c2nc(-c4ccccc4)nc(-c4ccc5c(c4)oc4cc(-c6ccccc6)ccc45)n2)C3)cc1. The van der Waals surface area contributed by atoms with Crippen molar-refractivity contribution in [3.63, 3.8) is 0 Å². The third-order valence-corrected chi connectivity index (χ3v) is 9.76. The van der Waals surface area contributed by atoms with Gasteiger partial charge in [0.2, 0.25) is 0 Å². The minimum atomic E-state index is 0.607. The zero-order chi connectivity index (χ0) is 33.0. The predicted molar refractivity (Wildman–Crippen MR) is 203 cm³/mol. The lowest BCUT2D eigenvalue weighted by Crippen LogP contribution is -2.01. The molecular weight excluding hydrogens is 611 g/mol. The highest BCUT2D eigenvalue weighted by molar-refractivity contribution is 6.07. The van der Waals surface area contributed by atoms with E-state index in [0.717, 1.165) is 56.2 Å². The molecule has 2 aromatic heterocycles. The molecule has 0 unspecified atom stereocenters. The first kappa shape index (κ1) is 28.4. The maximum atomic E-state index is 6.48. The number of furan rings is 1. The van der Waals surface area contributed by atoms with Crippen molar-refractivity contribution in [2.24, 2.45) is 0 Å². The van der Waals surface area contributed by atoms with Gasteiger partial charge in [-0.1, -0.05) is 133 Å². The number of benzene rings is 7. The van der Waals surface area contributed by atoms with Crippen molar-refractivity contribution < 1.29 is 4.42 Å². The third kappa shape index (κ3) is 4.81. The summed E-state index contributed by atoms with van der Waals surface area (Å²) >= 11 is 0. The molecule has 0 fully saturated rings. The van der Waals surface area contributed by atoms with Gasteiger partial charge in [0.05, 0.1) is 0 Å². The molecule has 4 heteroatoms. The van der Waals surface area contributed by atoms with Gasteiger partial charge in [-0.05, 0) is 81.3 Å². The van der Waals surface area contributed by atoms with E-state index in [4.69, 9.17) is 19.4 Å². The molecule has 234 valence electrons. The summed E-state index contributed by atoms with van der Waals surface area (Å²) in [7, 11) is 0. The first-order chi connectivity index (χ1) is 24.7. The van der Waals surface area contributed by atoms with Gasteiger partial charge >= 0.3 is 0 Å². The Kier molecular flexibility index (Phi) is 6.53. The van der Waals surface area contributed by atoms with Crippen LogP contribution in [-0.2, 0) is 6.42 Å². The van der Waals surface area contributed by atoms with Crippen LogP contribution < -0.4 is 0 Å². The first-order valence-corrected chi connectivity index (χ1v) is 16.9. The van der Waals surface area contributed by atoms with Crippen LogP contribution in [0.2, 0.25) is 0 Å². The van der Waals surface area contributed by atoms with Crippen LogP contribution >= 0.6 is 0 Å². The molecule has 7 aromatic carbocycles. The number of hydrogen-bond donors (Lipinski definition) is 0. The Labute approximate surface area is 289 Å². The van der Waals surface area contributed by atoms with Gasteiger partial charge in [-0.3, -0.25) is 0 Å². The van der Waals surface area contributed by atoms with Crippen LogP contribution in [0, 0.1) is 0 Å². The summed E-state index contributed by atoms with van der Waals surface area (Å²) in [4.78, 5) is 15.3. The van der Waals surface area contributed by atoms with Crippen molar-refractivity contribution >= 4 is 21.9 Å². The van der Waals surface area contributed by atoms with Crippen LogP contribution in [0.1, 0.15) is 11.1 Å². The summed E-state index contributed by atoms with van der Waals surface area (Å²) in [5.41, 5.74) is 14.2. The van der Waals surface area contributed by atoms with Gasteiger partial charge in [0.25, 0.3) is 0 Å². The average molecular weight is 640 g/mol. The topological polar surface area (TPSA) is 51.8 Å². The predicted octanol–water partition coefficient (Wildman–Crippen LogP) is 11.7. The molecule has 10 rings (SSSR count). The fourth-order valence-corrected chi connectivity index (χ4v) is 7.30. The molecule has 0 amide bonds. The maximum Gasteiger partial charge on any atom is 0.164 e. The second kappa shape index (κ2) is 11.5. The summed E-state index contributed by atoms with van der Waals surface area (Å²) in [6.45, 7) is 0. The van der Waals surface area contributed by atoms with Crippen LogP contribution in [0.3, 0.4) is 0 Å². The van der Waals surface area contributed by atoms with Crippen molar-refractivity contribution in [3.05, 3.63) is 175 Å². The number of fused-ring (bicyclic) bond motifs is 6. The van der Waals surface area contributed by atoms with Crippen LogP contribution in [-0.4, -0.2) is 15.0 Å². The molecule has 0 aliphatic heterocycles. The third-order valence-electron chi connectivity index (χ3n) is 9.76. The first-order valence-electron chi connectivity index (χ1n) is 16.9. The van der Waals surface area contributed by atoms with Crippen molar-refractivity contribution in [1.29, 1.82) is 0 Å². The molecule has 0 N–H and O–H groups in total. The van der Waals surface area contributed by atoms with Crippen LogP contribution in [0.4, 0.5) is 0 Å². The summed E-state index contributed by atoms with van der Waals surface area (Å²) in [6.07, 6.45) is 0.881. The lowest BCUT2D eigenvalue weighted by molar-refractivity contribution is 0.669. The van der Waals surface area contributed by atoms with Crippen molar-refractivity contribution in [2.45, 2.75) is 6.42 Å². The molecular formula is C46H29N3O. The summed E-state index contributed by atoms with van der Waals surface area (Å²) in [5, 5.41) is 2.15. The van der Waals surface area contributed by atoms with Crippen LogP contribution in [0.25, 0.3) is 89.5 Å². The Morgan fingerprint density at radius 1 is 0.360 bits per heavy atom. The lowest BCUT2D eigenvalue weighted by atomic mass is 9.95. The average Bonchev–Trinajstić information content (AvgIpc) is 3.76. The molecule has 1 aliphatic carbocycles. The maximum absolute atomic E-state index is 6.48. The largest absolute Gasteiger partial charge is 0.456 e. The Morgan fingerprint density at radius 2 is 0.900 bits per heavy atom. The van der Waals surface area contributed by atoms with E-state index < -0.39 is 0 Å². The van der Waals surface area contributed by atoms with E-state index >= 15 is 0 Å². The summed E-state index contributed by atoms with van der Waals surface area (Å²) in [6, 6.07) is 57.1. The van der Waals surface area contributed by atoms with E-state index in [1.807, 2.05) is 36.4 Å². The highest BCUT2D eigenvalue weighted by Crippen LogP contribution is 2.44. The molecule has 1 aliphatic rings. The monoisotopic (exact) mass is 639 g/mol. The smallest absolute Gasteiger partial charge is 0.164 e. The van der Waals surface area contributed by atoms with E-state index in [2.05, 4.69) is 127 Å². The Morgan fingerprint density at radius 3 is 1.58 bits per heavy atom. The highest BCUT2D eigenvalue weighted by Gasteiger charge is 2.25. The molecule has 2 heterocycles. The molecule has 0 spiro atoms. The van der Waals surface area contributed by atoms with Crippen LogP contribution in [0.5, 0.6) is 0 Å². The van der Waals surface area contributed by atoms with Crippen molar-refractivity contribution in [3.8, 4) is 67.5 Å². The normalized spacial score (nSPS) is 11.9. The Bertz CT molecular complexity index is 2720. The molecule has 9 aromatic rings. The fourth-order valence-electron chi connectivity index (χ4n) is 7.30. The number of aromatic nitrogens is 3. The standard InChI is InChI=1S/C46H29N3O/c1-4-11-29(12-5-1)32-19-20-34-25-35-17-10-18-39(43(35)40(34)26-32)46-48-44(31-15-8-3-9-16-31)47-45(49-46)36-22-24-38-37-23-21-33(30-13-6-2-7-14-30)27-41(37)50-42(38)28-36/h1-24,26-28H,25H2. The van der Waals surface area contributed by atoms with E-state index in [-0.39, 0.29) is 0 Å². The van der Waals surface area contributed by atoms with E-state index in [0.29, 0.717) is 17.5 Å². The zero-order valence-electron chi connectivity index (χ0n) is 27.0. The quantitative estimate of drug-likeness (QED) is 0.188. The van der Waals surface area contributed by atoms with Crippen molar-refractivity contribution in [2.75, 3.05) is 0 Å². The molecule has 50 heavy (non-hydrogen) atoms. The van der Waals surface area contributed by atoms with E-state index in [9.17, 15) is 0 Å². The molecule has 0 saturated heterocycles. The van der Waals surface area contributed by atoms with Gasteiger partial charge in [-0.15, -0.1) is 0 Å². The molecule has 0 radical (unpaired) electrons. The van der Waals surface area contributed by atoms with E-state index in [1.165, 1.54) is 33.4 Å². The Balaban J connectivity index is 1.12. The second-order valence-corrected chi connectivity index (χ2v) is 12.8. The van der Waals surface area contributed by atoms with Crippen molar-refractivity contribution in [1.82, 2.24) is 15.0 Å². The van der Waals surface area contributed by atoms with Gasteiger partial charge in [0.1, 0.15) is 11.2 Å². The number of rotatable bonds is 5. The van der Waals surface area contributed by atoms with Gasteiger partial charge in [-0.2, -0.15) is 0 Å². The van der Waals surface area contributed by atoms with Gasteiger partial charge in [0, 0.05) is 27.5 Å². The van der Waals surface area contributed by atoms with Gasteiger partial charge in [0.15, 0.2) is 17.5 Å². The van der Waals surface area contributed by atoms with Crippen LogP contribution in [0.15, 0.2) is 168 Å². The molecule has 0 bridgehead atoms. The fraction of sp³-hybridized carbons (Fsp3) is 0.0217. The highest BCUT2D eigenvalue weighted by atomic mass is 16.3. The minimum Gasteiger partial charge on any atom is -0.456 e. The second-order valence-electron chi connectivity index (χ2n) is 12.8. The minimum absolute atomic E-state index is 0.607. The number of hydrogen-bond acceptors (Lipinski definition) is 4. The lowest BCUT2D eigenvalue weighted by Gasteiger charge is -2.13. The van der Waals surface area contributed by atoms with E-state index in [1.54, 1.807) is 0 Å². The Hall–Kier alpha value is -6.65. The molecule has 0 saturated carbocycles. The van der Waals surface area contributed by atoms with Gasteiger partial charge < -0.3 is 4.42 Å². The molecule has 4 nitrogen and oxygen atoms in total.